The molecule has 8 bridgehead atoms. The molecule has 0 radical (unpaired) electrons. The molecular weight excluding hydrogens is 1660 g/mol. The van der Waals surface area contributed by atoms with Crippen LogP contribution in [0.25, 0.3) is 46.4 Å². The van der Waals surface area contributed by atoms with Gasteiger partial charge in [0.1, 0.15) is 0 Å². The average Bonchev–Trinajstić information content (AvgIpc) is 1.69. The van der Waals surface area contributed by atoms with Gasteiger partial charge in [-0.1, -0.05) is 164 Å². The van der Waals surface area contributed by atoms with Gasteiger partial charge in [0.15, 0.2) is 0 Å². The summed E-state index contributed by atoms with van der Waals surface area (Å²) in [7, 11) is 0. The molecule has 2 aliphatic rings. The molecule has 0 spiro atoms. The van der Waals surface area contributed by atoms with E-state index in [-0.39, 0.29) is 19.5 Å². The molecule has 12 aromatic carbocycles. The Balaban J connectivity index is 0.0000102. The Morgan fingerprint density at radius 3 is 0.462 bits per heavy atom. The molecule has 8 nitrogen and oxygen atoms in total. The van der Waals surface area contributed by atoms with Gasteiger partial charge >= 0.3 is 19.5 Å². The van der Waals surface area contributed by atoms with Crippen LogP contribution in [0.1, 0.15) is 67.3 Å². The molecule has 0 amide bonds. The van der Waals surface area contributed by atoms with E-state index in [4.69, 9.17) is 113 Å². The predicted molar refractivity (Wildman–Crippen MR) is 485 cm³/mol. The third-order valence-corrected chi connectivity index (χ3v) is 21.1. The zero-order chi connectivity index (χ0) is 79.2. The second-order valence-corrected chi connectivity index (χ2v) is 30.2. The van der Waals surface area contributed by atoms with Crippen LogP contribution in [-0.4, -0.2) is 9.97 Å². The van der Waals surface area contributed by atoms with Gasteiger partial charge in [-0.15, -0.1) is 22.1 Å². The van der Waals surface area contributed by atoms with Gasteiger partial charge in [-0.05, 0) is 315 Å². The van der Waals surface area contributed by atoms with Crippen molar-refractivity contribution < 1.29 is 19.5 Å². The van der Waals surface area contributed by atoms with Crippen molar-refractivity contribution in [3.8, 4) is 47.4 Å². The van der Waals surface area contributed by atoms with Crippen LogP contribution in [0.4, 0.5) is 68.2 Å². The minimum atomic E-state index is 0. The zero-order valence-corrected chi connectivity index (χ0v) is 70.7. The molecule has 2 aliphatic heterocycles. The maximum absolute atomic E-state index is 6.42. The zero-order valence-electron chi connectivity index (χ0n) is 61.6. The first-order valence-electron chi connectivity index (χ1n) is 36.5. The van der Waals surface area contributed by atoms with Crippen LogP contribution in [0.3, 0.4) is 0 Å². The smallest absolute Gasteiger partial charge is 0.656 e. The van der Waals surface area contributed by atoms with Crippen molar-refractivity contribution >= 4 is 207 Å². The van der Waals surface area contributed by atoms with Gasteiger partial charge in [-0.3, -0.25) is 0 Å². The van der Waals surface area contributed by atoms with Gasteiger partial charge in [0.05, 0.1) is 22.8 Å². The van der Waals surface area contributed by atoms with E-state index >= 15 is 0 Å². The number of nitrogens with zero attached hydrogens (tertiary/aromatic N) is 8. The molecular formula is C100H56Cl8N8Zn. The van der Waals surface area contributed by atoms with E-state index in [1.807, 2.05) is 340 Å². The van der Waals surface area contributed by atoms with E-state index in [1.165, 1.54) is 0 Å². The van der Waals surface area contributed by atoms with E-state index in [2.05, 4.69) is 67.0 Å². The van der Waals surface area contributed by atoms with Crippen molar-refractivity contribution in [1.29, 1.82) is 0 Å². The molecule has 17 rings (SSSR count). The van der Waals surface area contributed by atoms with Gasteiger partial charge in [-0.25, -0.2) is 9.97 Å². The fourth-order valence-electron chi connectivity index (χ4n) is 13.4. The average molecular weight is 1720 g/mol. The molecule has 0 unspecified atom stereocenters. The largest absolute Gasteiger partial charge is 2.00 e. The molecule has 15 aromatic rings. The molecule has 3 aromatic heterocycles. The summed E-state index contributed by atoms with van der Waals surface area (Å²) < 4.78 is 0. The molecule has 17 heteroatoms. The summed E-state index contributed by atoms with van der Waals surface area (Å²) in [5, 5.41) is 5.03. The van der Waals surface area contributed by atoms with Crippen LogP contribution in [0.15, 0.2) is 315 Å². The van der Waals surface area contributed by atoms with Gasteiger partial charge in [-0.2, -0.15) is 0 Å². The van der Waals surface area contributed by atoms with Crippen molar-refractivity contribution in [3.05, 3.63) is 423 Å². The van der Waals surface area contributed by atoms with Crippen molar-refractivity contribution in [2.75, 3.05) is 19.6 Å². The Labute approximate surface area is 730 Å². The van der Waals surface area contributed by atoms with Crippen LogP contribution in [0, 0.1) is 47.4 Å². The van der Waals surface area contributed by atoms with E-state index in [0.717, 1.165) is 90.5 Å². The fraction of sp³-hybridized carbons (Fsp3) is 0. The van der Waals surface area contributed by atoms with E-state index in [1.54, 1.807) is 0 Å². The topological polar surface area (TPSA) is 66.9 Å². The number of benzene rings is 12. The Hall–Kier alpha value is -12.4. The Kier molecular flexibility index (Phi) is 23.7. The van der Waals surface area contributed by atoms with Crippen molar-refractivity contribution in [3.63, 3.8) is 0 Å². The van der Waals surface area contributed by atoms with E-state index in [0.29, 0.717) is 107 Å². The van der Waals surface area contributed by atoms with Crippen molar-refractivity contribution in [2.24, 2.45) is 0 Å². The summed E-state index contributed by atoms with van der Waals surface area (Å²) in [6.45, 7) is 0. The number of fused-ring (bicyclic) bond motifs is 8. The first-order chi connectivity index (χ1) is 56.7. The normalized spacial score (nSPS) is 11.0. The van der Waals surface area contributed by atoms with Crippen LogP contribution in [-0.2, 0) is 19.5 Å². The first kappa shape index (κ1) is 78.5. The number of anilines is 12. The van der Waals surface area contributed by atoms with Crippen LogP contribution in [0.5, 0.6) is 0 Å². The number of rotatable bonds is 12. The minimum Gasteiger partial charge on any atom is -0.656 e. The van der Waals surface area contributed by atoms with E-state index in [9.17, 15) is 0 Å². The molecule has 0 N–H and O–H groups in total. The summed E-state index contributed by atoms with van der Waals surface area (Å²) in [6.07, 6.45) is 7.80. The number of hydrogen-bond donors (Lipinski definition) is 0. The summed E-state index contributed by atoms with van der Waals surface area (Å²) in [6, 6.07) is 102. The minimum absolute atomic E-state index is 0. The van der Waals surface area contributed by atoms with Crippen LogP contribution in [0.2, 0.25) is 40.2 Å². The molecule has 0 atom stereocenters. The molecule has 0 aliphatic carbocycles. The third-order valence-electron chi connectivity index (χ3n) is 19.1. The van der Waals surface area contributed by atoms with Gasteiger partial charge in [0.2, 0.25) is 0 Å². The Morgan fingerprint density at radius 1 is 0.179 bits per heavy atom. The molecule has 5 heterocycles. The SMILES string of the molecule is Clc1ccc(N(c2ccc(Cl)cc2)c2ccc(C#Cc3c4nc(c(C#Cc5ccc(N(c6ccc(Cl)cc6)c6ccc(Cl)cc6)cc5)c5ccc([n-]5)c(C#Cc5ccc(N(c6ccc(Cl)cc6)c6ccc(Cl)cc6)cc5)c5nc(c(C#Cc6ccc(N(c7ccc(Cl)cc7)c7ccc(Cl)cc7)cc6)c6ccc3[n-]6)C=C5)C=C4)cc2)cc1.[Zn+2]. The molecule has 117 heavy (non-hydrogen) atoms. The monoisotopic (exact) mass is 1710 g/mol. The summed E-state index contributed by atoms with van der Waals surface area (Å²) in [5.41, 5.74) is 20.4. The quantitative estimate of drug-likeness (QED) is 0.0885. The van der Waals surface area contributed by atoms with Crippen molar-refractivity contribution in [2.45, 2.75) is 0 Å². The maximum atomic E-state index is 6.42. The number of aromatic nitrogens is 4. The summed E-state index contributed by atoms with van der Waals surface area (Å²) in [5.74, 6) is 28.2. The Bertz CT molecular complexity index is 5750. The molecule has 0 saturated carbocycles. The second kappa shape index (κ2) is 35.4. The van der Waals surface area contributed by atoms with Crippen LogP contribution < -0.4 is 29.6 Å². The Morgan fingerprint density at radius 2 is 0.316 bits per heavy atom. The first-order valence-corrected chi connectivity index (χ1v) is 39.5. The second-order valence-electron chi connectivity index (χ2n) is 26.7. The predicted octanol–water partition coefficient (Wildman–Crippen LogP) is 28.6. The molecule has 0 saturated heterocycles. The fourth-order valence-corrected chi connectivity index (χ4v) is 14.4. The van der Waals surface area contributed by atoms with Gasteiger partial charge in [0.25, 0.3) is 0 Å². The van der Waals surface area contributed by atoms with Gasteiger partial charge < -0.3 is 29.6 Å². The molecule has 0 fully saturated rings. The summed E-state index contributed by atoms with van der Waals surface area (Å²) in [4.78, 5) is 30.3. The van der Waals surface area contributed by atoms with Crippen molar-refractivity contribution in [1.82, 2.24) is 19.9 Å². The standard InChI is InChI=1S/C100H56Cl8N8.Zn/c101-69-13-37-81(38-14-69)113(82-39-15-70(102)16-40-82)77-29-1-65(2-30-77)9-53-89-93-57-59-95(109-93)90(54-10-66-3-31-78(32-4-66)114(83-41-17-71(103)18-42-83)84-43-19-72(104)20-44-84)97-61-63-99(111-97)92(56-12-68-7-35-80(36-8-68)116(87-49-25-75(107)26-50-87)88-51-27-76(108)28-52-88)100-64-62-98(112-100)91(96-60-58-94(89)110-96)55-11-67-5-33-79(34-6-67)115(85-45-21-73(105)22-46-85)86-47-23-74(106)24-48-86;/h1-8,13-52,57-64H;/q-2;+2. The van der Waals surface area contributed by atoms with Crippen LogP contribution >= 0.6 is 92.8 Å². The number of halogens is 8. The third kappa shape index (κ3) is 18.0. The van der Waals surface area contributed by atoms with E-state index < -0.39 is 0 Å². The number of hydrogen-bond acceptors (Lipinski definition) is 6. The maximum Gasteiger partial charge on any atom is 2.00 e. The van der Waals surface area contributed by atoms with Gasteiger partial charge in [0, 0.05) is 153 Å². The molecule has 554 valence electrons. The summed E-state index contributed by atoms with van der Waals surface area (Å²) >= 11 is 51.4.